The zero-order valence-electron chi connectivity index (χ0n) is 14.4. The normalized spacial score (nSPS) is 17.1. The van der Waals surface area contributed by atoms with E-state index in [1.807, 2.05) is 31.2 Å². The molecular formula is C19H29NO3. The molecule has 1 aromatic rings. The van der Waals surface area contributed by atoms with Gasteiger partial charge < -0.3 is 14.7 Å². The summed E-state index contributed by atoms with van der Waals surface area (Å²) in [6, 6.07) is 7.56. The average Bonchev–Trinajstić information content (AvgIpc) is 2.56. The van der Waals surface area contributed by atoms with Crippen molar-refractivity contribution in [1.82, 2.24) is 0 Å². The third kappa shape index (κ3) is 4.96. The largest absolute Gasteiger partial charge is 0.462 e. The molecule has 0 atom stereocenters. The lowest BCUT2D eigenvalue weighted by molar-refractivity contribution is 0.00580. The third-order valence-corrected chi connectivity index (χ3v) is 4.68. The number of hydrogen-bond acceptors (Lipinski definition) is 4. The zero-order chi connectivity index (χ0) is 16.7. The maximum absolute atomic E-state index is 11.7. The fraction of sp³-hybridized carbons (Fsp3) is 0.632. The van der Waals surface area contributed by atoms with Crippen molar-refractivity contribution in [2.75, 3.05) is 24.6 Å². The molecular weight excluding hydrogens is 290 g/mol. The Morgan fingerprint density at radius 1 is 1.17 bits per heavy atom. The van der Waals surface area contributed by atoms with Crippen molar-refractivity contribution in [1.29, 1.82) is 0 Å². The van der Waals surface area contributed by atoms with Gasteiger partial charge in [-0.15, -0.1) is 0 Å². The molecule has 128 valence electrons. The van der Waals surface area contributed by atoms with Crippen LogP contribution in [-0.4, -0.2) is 36.4 Å². The van der Waals surface area contributed by atoms with Crippen LogP contribution in [0.15, 0.2) is 24.3 Å². The minimum Gasteiger partial charge on any atom is -0.462 e. The van der Waals surface area contributed by atoms with Crippen LogP contribution < -0.4 is 4.90 Å². The summed E-state index contributed by atoms with van der Waals surface area (Å²) in [5.74, 6) is -0.275. The first-order valence-electron chi connectivity index (χ1n) is 8.82. The molecule has 1 aliphatic rings. The summed E-state index contributed by atoms with van der Waals surface area (Å²) in [5.41, 5.74) is 1.20. The lowest BCUT2D eigenvalue weighted by Crippen LogP contribution is -2.44. The predicted molar refractivity (Wildman–Crippen MR) is 92.9 cm³/mol. The second kappa shape index (κ2) is 8.34. The minimum atomic E-state index is -0.490. The van der Waals surface area contributed by atoms with Gasteiger partial charge in [-0.05, 0) is 50.5 Å². The average molecular weight is 319 g/mol. The van der Waals surface area contributed by atoms with Crippen LogP contribution >= 0.6 is 0 Å². The number of hydrogen-bond donors (Lipinski definition) is 1. The smallest absolute Gasteiger partial charge is 0.338 e. The van der Waals surface area contributed by atoms with E-state index in [4.69, 9.17) is 4.74 Å². The number of ether oxygens (including phenoxy) is 1. The number of esters is 1. The topological polar surface area (TPSA) is 49.8 Å². The molecule has 4 heteroatoms. The Balaban J connectivity index is 1.88. The molecule has 4 nitrogen and oxygen atoms in total. The van der Waals surface area contributed by atoms with Crippen molar-refractivity contribution in [3.63, 3.8) is 0 Å². The lowest BCUT2D eigenvalue weighted by atomic mass is 9.86. The van der Waals surface area contributed by atoms with Crippen LogP contribution in [0.2, 0.25) is 0 Å². The van der Waals surface area contributed by atoms with Gasteiger partial charge in [0, 0.05) is 18.8 Å². The van der Waals surface area contributed by atoms with Gasteiger partial charge in [0.1, 0.15) is 0 Å². The molecule has 1 saturated heterocycles. The van der Waals surface area contributed by atoms with E-state index in [0.29, 0.717) is 12.2 Å². The van der Waals surface area contributed by atoms with Gasteiger partial charge in [-0.25, -0.2) is 4.79 Å². The van der Waals surface area contributed by atoms with Crippen LogP contribution in [-0.2, 0) is 4.74 Å². The Morgan fingerprint density at radius 3 is 2.39 bits per heavy atom. The van der Waals surface area contributed by atoms with Gasteiger partial charge in [-0.1, -0.05) is 26.2 Å². The number of carbonyl (C=O) groups is 1. The van der Waals surface area contributed by atoms with Crippen molar-refractivity contribution >= 4 is 11.7 Å². The maximum atomic E-state index is 11.7. The minimum absolute atomic E-state index is 0.275. The van der Waals surface area contributed by atoms with Gasteiger partial charge >= 0.3 is 5.97 Å². The highest BCUT2D eigenvalue weighted by molar-refractivity contribution is 5.89. The summed E-state index contributed by atoms with van der Waals surface area (Å²) in [7, 11) is 0. The molecule has 0 unspecified atom stereocenters. The van der Waals surface area contributed by atoms with Gasteiger partial charge in [0.25, 0.3) is 0 Å². The van der Waals surface area contributed by atoms with Crippen LogP contribution in [0.25, 0.3) is 0 Å². The molecule has 0 bridgehead atoms. The summed E-state index contributed by atoms with van der Waals surface area (Å²) in [5, 5.41) is 10.7. The first-order valence-corrected chi connectivity index (χ1v) is 8.82. The first kappa shape index (κ1) is 17.8. The third-order valence-electron chi connectivity index (χ3n) is 4.68. The first-order chi connectivity index (χ1) is 11.1. The predicted octanol–water partition coefficient (Wildman–Crippen LogP) is 3.77. The molecule has 0 radical (unpaired) electrons. The van der Waals surface area contributed by atoms with E-state index < -0.39 is 5.60 Å². The van der Waals surface area contributed by atoms with E-state index in [1.165, 1.54) is 12.8 Å². The Labute approximate surface area is 139 Å². The summed E-state index contributed by atoms with van der Waals surface area (Å²) in [6.45, 7) is 6.11. The standard InChI is InChI=1S/C19H29NO3/c1-3-5-6-11-19(22)12-14-20(15-13-19)17-9-7-16(8-10-17)18(21)23-4-2/h7-10,22H,3-6,11-15H2,1-2H3. The SMILES string of the molecule is CCCCCC1(O)CCN(c2ccc(C(=O)OCC)cc2)CC1. The van der Waals surface area contributed by atoms with Crippen molar-refractivity contribution in [2.24, 2.45) is 0 Å². The van der Waals surface area contributed by atoms with Gasteiger partial charge in [0.2, 0.25) is 0 Å². The Bertz CT molecular complexity index is 490. The number of rotatable bonds is 7. The van der Waals surface area contributed by atoms with Crippen molar-refractivity contribution in [3.8, 4) is 0 Å². The number of nitrogens with zero attached hydrogens (tertiary/aromatic N) is 1. The Morgan fingerprint density at radius 2 is 1.83 bits per heavy atom. The molecule has 23 heavy (non-hydrogen) atoms. The zero-order valence-corrected chi connectivity index (χ0v) is 14.4. The molecule has 0 amide bonds. The molecule has 0 aliphatic carbocycles. The Hall–Kier alpha value is -1.55. The lowest BCUT2D eigenvalue weighted by Gasteiger charge is -2.39. The van der Waals surface area contributed by atoms with Gasteiger partial charge in [0.05, 0.1) is 17.8 Å². The van der Waals surface area contributed by atoms with Crippen molar-refractivity contribution in [2.45, 2.75) is 58.0 Å². The number of anilines is 1. The molecule has 1 heterocycles. The summed E-state index contributed by atoms with van der Waals surface area (Å²) in [4.78, 5) is 14.0. The van der Waals surface area contributed by atoms with E-state index in [0.717, 1.165) is 44.5 Å². The summed E-state index contributed by atoms with van der Waals surface area (Å²) in [6.07, 6.45) is 6.04. The van der Waals surface area contributed by atoms with Crippen LogP contribution in [0.1, 0.15) is 62.7 Å². The highest BCUT2D eigenvalue weighted by Crippen LogP contribution is 2.30. The molecule has 1 N–H and O–H groups in total. The molecule has 1 aromatic carbocycles. The maximum Gasteiger partial charge on any atom is 0.338 e. The quantitative estimate of drug-likeness (QED) is 0.614. The van der Waals surface area contributed by atoms with Crippen molar-refractivity contribution in [3.05, 3.63) is 29.8 Å². The van der Waals surface area contributed by atoms with E-state index in [1.54, 1.807) is 0 Å². The molecule has 2 rings (SSSR count). The van der Waals surface area contributed by atoms with Gasteiger partial charge in [0.15, 0.2) is 0 Å². The van der Waals surface area contributed by atoms with Gasteiger partial charge in [-0.2, -0.15) is 0 Å². The molecule has 1 aliphatic heterocycles. The van der Waals surface area contributed by atoms with Crippen LogP contribution in [0.4, 0.5) is 5.69 Å². The second-order valence-electron chi connectivity index (χ2n) is 6.44. The summed E-state index contributed by atoms with van der Waals surface area (Å²) >= 11 is 0. The van der Waals surface area contributed by atoms with E-state index in [2.05, 4.69) is 11.8 Å². The molecule has 0 aromatic heterocycles. The number of unbranched alkanes of at least 4 members (excludes halogenated alkanes) is 2. The molecule has 0 spiro atoms. The fourth-order valence-corrected chi connectivity index (χ4v) is 3.16. The van der Waals surface area contributed by atoms with E-state index in [9.17, 15) is 9.90 Å². The van der Waals surface area contributed by atoms with Crippen LogP contribution in [0, 0.1) is 0 Å². The highest BCUT2D eigenvalue weighted by Gasteiger charge is 2.31. The van der Waals surface area contributed by atoms with Gasteiger partial charge in [-0.3, -0.25) is 0 Å². The van der Waals surface area contributed by atoms with Crippen LogP contribution in [0.3, 0.4) is 0 Å². The Kier molecular flexibility index (Phi) is 6.46. The van der Waals surface area contributed by atoms with Crippen LogP contribution in [0.5, 0.6) is 0 Å². The fourth-order valence-electron chi connectivity index (χ4n) is 3.16. The molecule has 1 fully saturated rings. The van der Waals surface area contributed by atoms with E-state index >= 15 is 0 Å². The number of aliphatic hydroxyl groups is 1. The number of carbonyl (C=O) groups excluding carboxylic acids is 1. The monoisotopic (exact) mass is 319 g/mol. The van der Waals surface area contributed by atoms with Crippen molar-refractivity contribution < 1.29 is 14.6 Å². The number of benzene rings is 1. The van der Waals surface area contributed by atoms with E-state index in [-0.39, 0.29) is 5.97 Å². The summed E-state index contributed by atoms with van der Waals surface area (Å²) < 4.78 is 5.00. The highest BCUT2D eigenvalue weighted by atomic mass is 16.5. The number of piperidine rings is 1. The molecule has 0 saturated carbocycles. The second-order valence-corrected chi connectivity index (χ2v) is 6.44.